The first-order chi connectivity index (χ1) is 15.2. The molecule has 3 aromatic carbocycles. The van der Waals surface area contributed by atoms with E-state index >= 15 is 0 Å². The smallest absolute Gasteiger partial charge is 0.255 e. The minimum absolute atomic E-state index is 0.129. The Labute approximate surface area is 180 Å². The summed E-state index contributed by atoms with van der Waals surface area (Å²) in [6, 6.07) is 29.6. The van der Waals surface area contributed by atoms with Crippen molar-refractivity contribution in [1.82, 2.24) is 9.38 Å². The van der Waals surface area contributed by atoms with Gasteiger partial charge in [-0.15, -0.1) is 0 Å². The molecule has 0 aliphatic heterocycles. The topological polar surface area (TPSA) is 46.4 Å². The molecule has 0 unspecified atom stereocenters. The van der Waals surface area contributed by atoms with E-state index in [1.54, 1.807) is 0 Å². The predicted octanol–water partition coefficient (Wildman–Crippen LogP) is 6.23. The van der Waals surface area contributed by atoms with E-state index in [1.807, 2.05) is 89.6 Å². The van der Waals surface area contributed by atoms with Gasteiger partial charge in [0.15, 0.2) is 0 Å². The van der Waals surface area contributed by atoms with Gasteiger partial charge in [0.05, 0.1) is 5.69 Å². The number of nitrogens with one attached hydrogen (secondary N) is 1. The van der Waals surface area contributed by atoms with Crippen molar-refractivity contribution in [2.45, 2.75) is 6.92 Å². The van der Waals surface area contributed by atoms with Gasteiger partial charge in [-0.05, 0) is 53.9 Å². The number of anilines is 1. The van der Waals surface area contributed by atoms with Crippen molar-refractivity contribution in [3.63, 3.8) is 0 Å². The Bertz CT molecular complexity index is 1350. The molecule has 0 saturated heterocycles. The highest BCUT2D eigenvalue weighted by Crippen LogP contribution is 2.23. The lowest BCUT2D eigenvalue weighted by molar-refractivity contribution is 0.102. The van der Waals surface area contributed by atoms with E-state index in [0.717, 1.165) is 39.3 Å². The Hall–Kier alpha value is -4.18. The summed E-state index contributed by atoms with van der Waals surface area (Å²) in [7, 11) is 0. The van der Waals surface area contributed by atoms with Crippen molar-refractivity contribution >= 4 is 17.2 Å². The van der Waals surface area contributed by atoms with Crippen molar-refractivity contribution in [3.05, 3.63) is 115 Å². The van der Waals surface area contributed by atoms with Gasteiger partial charge >= 0.3 is 0 Å². The normalized spacial score (nSPS) is 10.9. The number of nitrogens with zero attached hydrogens (tertiary/aromatic N) is 2. The van der Waals surface area contributed by atoms with Crippen LogP contribution in [0.15, 0.2) is 103 Å². The highest BCUT2D eigenvalue weighted by Gasteiger charge is 2.09. The van der Waals surface area contributed by atoms with Crippen LogP contribution < -0.4 is 5.32 Å². The van der Waals surface area contributed by atoms with Crippen molar-refractivity contribution in [2.24, 2.45) is 0 Å². The standard InChI is InChI=1S/C27H21N3O/c1-19-6-5-17-30-18-25(29-26(19)30)22-13-15-24(16-14-22)28-27(31)23-11-9-21(10-12-23)20-7-3-2-4-8-20/h2-18H,1H3,(H,28,31). The molecule has 2 heterocycles. The van der Waals surface area contributed by atoms with E-state index in [2.05, 4.69) is 30.4 Å². The van der Waals surface area contributed by atoms with Crippen LogP contribution >= 0.6 is 0 Å². The van der Waals surface area contributed by atoms with Gasteiger partial charge in [0.25, 0.3) is 5.91 Å². The molecule has 0 aliphatic carbocycles. The summed E-state index contributed by atoms with van der Waals surface area (Å²) in [5.41, 5.74) is 7.60. The maximum atomic E-state index is 12.6. The molecule has 0 spiro atoms. The molecule has 0 radical (unpaired) electrons. The number of imidazole rings is 1. The number of aryl methyl sites for hydroxylation is 1. The van der Waals surface area contributed by atoms with E-state index in [-0.39, 0.29) is 5.91 Å². The molecule has 0 saturated carbocycles. The van der Waals surface area contributed by atoms with Crippen LogP contribution in [0.4, 0.5) is 5.69 Å². The third-order valence-electron chi connectivity index (χ3n) is 5.37. The van der Waals surface area contributed by atoms with Crippen LogP contribution in [0.1, 0.15) is 15.9 Å². The molecule has 5 aromatic rings. The minimum Gasteiger partial charge on any atom is -0.322 e. The van der Waals surface area contributed by atoms with Crippen LogP contribution in [-0.4, -0.2) is 15.3 Å². The summed E-state index contributed by atoms with van der Waals surface area (Å²) in [5, 5.41) is 2.97. The zero-order chi connectivity index (χ0) is 21.2. The summed E-state index contributed by atoms with van der Waals surface area (Å²) < 4.78 is 2.03. The number of pyridine rings is 1. The molecule has 31 heavy (non-hydrogen) atoms. The van der Waals surface area contributed by atoms with Crippen molar-refractivity contribution < 1.29 is 4.79 Å². The maximum Gasteiger partial charge on any atom is 0.255 e. The monoisotopic (exact) mass is 403 g/mol. The third-order valence-corrected chi connectivity index (χ3v) is 5.37. The minimum atomic E-state index is -0.129. The lowest BCUT2D eigenvalue weighted by atomic mass is 10.0. The van der Waals surface area contributed by atoms with Gasteiger partial charge < -0.3 is 9.72 Å². The number of fused-ring (bicyclic) bond motifs is 1. The molecule has 0 bridgehead atoms. The number of hydrogen-bond donors (Lipinski definition) is 1. The first kappa shape index (κ1) is 18.8. The quantitative estimate of drug-likeness (QED) is 0.387. The van der Waals surface area contributed by atoms with E-state index in [0.29, 0.717) is 5.56 Å². The van der Waals surface area contributed by atoms with E-state index in [4.69, 9.17) is 4.98 Å². The molecule has 150 valence electrons. The highest BCUT2D eigenvalue weighted by atomic mass is 16.1. The fourth-order valence-electron chi connectivity index (χ4n) is 3.66. The SMILES string of the molecule is Cc1cccn2cc(-c3ccc(NC(=O)c4ccc(-c5ccccc5)cc4)cc3)nc12. The zero-order valence-electron chi connectivity index (χ0n) is 17.1. The number of amides is 1. The fourth-order valence-corrected chi connectivity index (χ4v) is 3.66. The summed E-state index contributed by atoms with van der Waals surface area (Å²) in [6.07, 6.45) is 4.01. The van der Waals surface area contributed by atoms with Gasteiger partial charge in [0.2, 0.25) is 0 Å². The van der Waals surface area contributed by atoms with Crippen LogP contribution in [0.2, 0.25) is 0 Å². The number of benzene rings is 3. The molecular formula is C27H21N3O. The van der Waals surface area contributed by atoms with Gasteiger partial charge in [-0.1, -0.05) is 60.7 Å². The van der Waals surface area contributed by atoms with Crippen molar-refractivity contribution in [2.75, 3.05) is 5.32 Å². The number of rotatable bonds is 4. The number of aromatic nitrogens is 2. The van der Waals surface area contributed by atoms with E-state index in [1.165, 1.54) is 0 Å². The average molecular weight is 403 g/mol. The van der Waals surface area contributed by atoms with Crippen molar-refractivity contribution in [1.29, 1.82) is 0 Å². The molecule has 4 heteroatoms. The van der Waals surface area contributed by atoms with Crippen molar-refractivity contribution in [3.8, 4) is 22.4 Å². The predicted molar refractivity (Wildman–Crippen MR) is 125 cm³/mol. The Morgan fingerprint density at radius 2 is 1.45 bits per heavy atom. The summed E-state index contributed by atoms with van der Waals surface area (Å²) in [5.74, 6) is -0.129. The molecule has 0 fully saturated rings. The van der Waals surface area contributed by atoms with Gasteiger partial charge in [-0.2, -0.15) is 0 Å². The number of carbonyl (C=O) groups excluding carboxylic acids is 1. The van der Waals surface area contributed by atoms with E-state index in [9.17, 15) is 4.79 Å². The molecule has 5 rings (SSSR count). The van der Waals surface area contributed by atoms with Crippen LogP contribution in [0.25, 0.3) is 28.0 Å². The lowest BCUT2D eigenvalue weighted by Crippen LogP contribution is -2.11. The molecule has 0 aliphatic rings. The molecule has 1 N–H and O–H groups in total. The van der Waals surface area contributed by atoms with Gasteiger partial charge in [0, 0.05) is 29.2 Å². The molecular weight excluding hydrogens is 382 g/mol. The second-order valence-corrected chi connectivity index (χ2v) is 7.52. The first-order valence-electron chi connectivity index (χ1n) is 10.2. The molecule has 2 aromatic heterocycles. The largest absolute Gasteiger partial charge is 0.322 e. The Morgan fingerprint density at radius 1 is 0.774 bits per heavy atom. The molecule has 1 amide bonds. The number of carbonyl (C=O) groups is 1. The molecule has 4 nitrogen and oxygen atoms in total. The average Bonchev–Trinajstić information content (AvgIpc) is 3.26. The van der Waals surface area contributed by atoms with Gasteiger partial charge in [-0.25, -0.2) is 4.98 Å². The van der Waals surface area contributed by atoms with Gasteiger partial charge in [-0.3, -0.25) is 4.79 Å². The van der Waals surface area contributed by atoms with Crippen LogP contribution in [-0.2, 0) is 0 Å². The van der Waals surface area contributed by atoms with Crippen LogP contribution in [0.3, 0.4) is 0 Å². The highest BCUT2D eigenvalue weighted by molar-refractivity contribution is 6.04. The fraction of sp³-hybridized carbons (Fsp3) is 0.0370. The van der Waals surface area contributed by atoms with Gasteiger partial charge in [0.1, 0.15) is 5.65 Å². The summed E-state index contributed by atoms with van der Waals surface area (Å²) >= 11 is 0. The Balaban J connectivity index is 1.31. The maximum absolute atomic E-state index is 12.6. The first-order valence-corrected chi connectivity index (χ1v) is 10.2. The lowest BCUT2D eigenvalue weighted by Gasteiger charge is -2.07. The molecule has 0 atom stereocenters. The summed E-state index contributed by atoms with van der Waals surface area (Å²) in [6.45, 7) is 2.05. The summed E-state index contributed by atoms with van der Waals surface area (Å²) in [4.78, 5) is 17.4. The van der Waals surface area contributed by atoms with Crippen LogP contribution in [0.5, 0.6) is 0 Å². The second-order valence-electron chi connectivity index (χ2n) is 7.52. The third kappa shape index (κ3) is 3.83. The Kier molecular flexibility index (Phi) is 4.81. The zero-order valence-corrected chi connectivity index (χ0v) is 17.1. The number of hydrogen-bond acceptors (Lipinski definition) is 2. The van der Waals surface area contributed by atoms with Crippen LogP contribution in [0, 0.1) is 6.92 Å². The second kappa shape index (κ2) is 7.92. The Morgan fingerprint density at radius 3 is 2.16 bits per heavy atom. The van der Waals surface area contributed by atoms with E-state index < -0.39 is 0 Å².